The Kier molecular flexibility index (Phi) is 5.07. The first-order chi connectivity index (χ1) is 10.8. The molecule has 0 aliphatic rings. The lowest BCUT2D eigenvalue weighted by Gasteiger charge is -2.24. The molecule has 4 atom stereocenters. The van der Waals surface area contributed by atoms with Crippen LogP contribution >= 0.6 is 0 Å². The second kappa shape index (κ2) is 6.84. The van der Waals surface area contributed by atoms with Crippen LogP contribution in [0.25, 0.3) is 10.8 Å². The second-order valence-electron chi connectivity index (χ2n) is 5.10. The molecule has 2 aromatic carbocycles. The predicted molar refractivity (Wildman–Crippen MR) is 79.9 cm³/mol. The van der Waals surface area contributed by atoms with E-state index >= 15 is 0 Å². The highest BCUT2D eigenvalue weighted by molar-refractivity contribution is 6.10. The Morgan fingerprint density at radius 2 is 1.35 bits per heavy atom. The lowest BCUT2D eigenvalue weighted by molar-refractivity contribution is -0.161. The minimum atomic E-state index is -2.32. The van der Waals surface area contributed by atoms with Crippen LogP contribution in [0.3, 0.4) is 0 Å². The van der Waals surface area contributed by atoms with Gasteiger partial charge >= 0.3 is 5.97 Å². The third-order valence-corrected chi connectivity index (χ3v) is 3.57. The number of carbonyl (C=O) groups is 2. The van der Waals surface area contributed by atoms with Crippen LogP contribution in [0.1, 0.15) is 10.4 Å². The molecule has 122 valence electrons. The Bertz CT molecular complexity index is 722. The molecule has 0 radical (unpaired) electrons. The van der Waals surface area contributed by atoms with Crippen molar-refractivity contribution in [2.45, 2.75) is 24.4 Å². The van der Waals surface area contributed by atoms with Crippen LogP contribution in [0.5, 0.6) is 0 Å². The van der Waals surface area contributed by atoms with Gasteiger partial charge in [-0.25, -0.2) is 4.79 Å². The fourth-order valence-corrected chi connectivity index (χ4v) is 2.27. The molecule has 0 aromatic heterocycles. The monoisotopic (exact) mass is 320 g/mol. The summed E-state index contributed by atoms with van der Waals surface area (Å²) in [6.07, 6.45) is -8.75. The number of fused-ring (bicyclic) bond motifs is 1. The smallest absolute Gasteiger partial charge is 0.335 e. The molecular weight excluding hydrogens is 304 g/mol. The number of ketones is 1. The SMILES string of the molecule is O=C(O)[C@@H](O)[C@@H](O)[C@H](O)[C@@H](O)C(=O)c1cccc2ccccc12. The van der Waals surface area contributed by atoms with Gasteiger partial charge in [-0.3, -0.25) is 4.79 Å². The van der Waals surface area contributed by atoms with Gasteiger partial charge in [0.1, 0.15) is 18.3 Å². The van der Waals surface area contributed by atoms with Gasteiger partial charge in [0.05, 0.1) is 0 Å². The molecule has 0 aliphatic carbocycles. The van der Waals surface area contributed by atoms with Crippen molar-refractivity contribution in [3.63, 3.8) is 0 Å². The molecule has 0 saturated heterocycles. The molecule has 2 aromatic rings. The molecule has 2 rings (SSSR count). The van der Waals surface area contributed by atoms with E-state index in [1.54, 1.807) is 36.4 Å². The zero-order valence-corrected chi connectivity index (χ0v) is 11.9. The molecule has 0 amide bonds. The summed E-state index contributed by atoms with van der Waals surface area (Å²) in [6, 6.07) is 11.7. The molecule has 0 heterocycles. The summed E-state index contributed by atoms with van der Waals surface area (Å²) in [5, 5.41) is 48.3. The largest absolute Gasteiger partial charge is 0.479 e. The summed E-state index contributed by atoms with van der Waals surface area (Å²) in [6.45, 7) is 0. The molecule has 0 spiro atoms. The van der Waals surface area contributed by atoms with E-state index < -0.39 is 36.2 Å². The van der Waals surface area contributed by atoms with E-state index in [9.17, 15) is 30.0 Å². The quantitative estimate of drug-likeness (QED) is 0.455. The first kappa shape index (κ1) is 17.0. The first-order valence-corrected chi connectivity index (χ1v) is 6.81. The van der Waals surface area contributed by atoms with Gasteiger partial charge in [-0.1, -0.05) is 42.5 Å². The Labute approximate surface area is 131 Å². The van der Waals surface area contributed by atoms with E-state index in [-0.39, 0.29) is 5.56 Å². The summed E-state index contributed by atoms with van der Waals surface area (Å²) in [7, 11) is 0. The highest BCUT2D eigenvalue weighted by Crippen LogP contribution is 2.21. The van der Waals surface area contributed by atoms with Crippen molar-refractivity contribution in [1.82, 2.24) is 0 Å². The Morgan fingerprint density at radius 1 is 0.783 bits per heavy atom. The van der Waals surface area contributed by atoms with Crippen LogP contribution in [0.15, 0.2) is 42.5 Å². The number of hydrogen-bond acceptors (Lipinski definition) is 6. The number of Topliss-reactive ketones (excluding diaryl/α,β-unsaturated/α-hetero) is 1. The molecule has 5 N–H and O–H groups in total. The summed E-state index contributed by atoms with van der Waals surface area (Å²) in [5.74, 6) is -2.66. The second-order valence-corrected chi connectivity index (χ2v) is 5.10. The fraction of sp³-hybridized carbons (Fsp3) is 0.250. The van der Waals surface area contributed by atoms with Crippen molar-refractivity contribution in [2.24, 2.45) is 0 Å². The lowest BCUT2D eigenvalue weighted by atomic mass is 9.93. The molecule has 7 heteroatoms. The van der Waals surface area contributed by atoms with Crippen LogP contribution < -0.4 is 0 Å². The maximum absolute atomic E-state index is 12.3. The molecule has 0 unspecified atom stereocenters. The van der Waals surface area contributed by atoms with Gasteiger partial charge in [0.25, 0.3) is 0 Å². The van der Waals surface area contributed by atoms with Gasteiger partial charge in [-0.2, -0.15) is 0 Å². The van der Waals surface area contributed by atoms with Gasteiger partial charge in [-0.05, 0) is 10.8 Å². The third kappa shape index (κ3) is 3.38. The van der Waals surface area contributed by atoms with Crippen LogP contribution in [0.2, 0.25) is 0 Å². The molecule has 0 fully saturated rings. The summed E-state index contributed by atoms with van der Waals surface area (Å²) >= 11 is 0. The molecule has 0 bridgehead atoms. The van der Waals surface area contributed by atoms with Crippen molar-refractivity contribution < 1.29 is 35.1 Å². The lowest BCUT2D eigenvalue weighted by Crippen LogP contribution is -2.50. The van der Waals surface area contributed by atoms with E-state index in [2.05, 4.69) is 0 Å². The van der Waals surface area contributed by atoms with Crippen LogP contribution in [0, 0.1) is 0 Å². The van der Waals surface area contributed by atoms with Crippen LogP contribution in [0.4, 0.5) is 0 Å². The number of rotatable bonds is 6. The maximum atomic E-state index is 12.3. The standard InChI is InChI=1S/C16H16O7/c17-11(12(18)13(19)14(20)15(21)16(22)23)10-7-3-5-8-4-1-2-6-9(8)10/h1-7,12-15,18-21H,(H,22,23)/t12-,13+,14-,15-/m0/s1. The van der Waals surface area contributed by atoms with Crippen molar-refractivity contribution in [2.75, 3.05) is 0 Å². The van der Waals surface area contributed by atoms with E-state index in [0.29, 0.717) is 5.39 Å². The fourth-order valence-electron chi connectivity index (χ4n) is 2.27. The summed E-state index contributed by atoms with van der Waals surface area (Å²) < 4.78 is 0. The Hall–Kier alpha value is -2.32. The maximum Gasteiger partial charge on any atom is 0.335 e. The number of aliphatic hydroxyl groups excluding tert-OH is 4. The Morgan fingerprint density at radius 3 is 2.00 bits per heavy atom. The van der Waals surface area contributed by atoms with Crippen molar-refractivity contribution in [1.29, 1.82) is 0 Å². The highest BCUT2D eigenvalue weighted by Gasteiger charge is 2.37. The minimum Gasteiger partial charge on any atom is -0.479 e. The molecule has 0 aliphatic heterocycles. The number of carbonyl (C=O) groups excluding carboxylic acids is 1. The normalized spacial score (nSPS) is 16.5. The number of benzene rings is 2. The van der Waals surface area contributed by atoms with Crippen molar-refractivity contribution in [3.8, 4) is 0 Å². The zero-order chi connectivity index (χ0) is 17.1. The van der Waals surface area contributed by atoms with Crippen molar-refractivity contribution in [3.05, 3.63) is 48.0 Å². The molecule has 7 nitrogen and oxygen atoms in total. The molecular formula is C16H16O7. The van der Waals surface area contributed by atoms with E-state index in [0.717, 1.165) is 5.39 Å². The van der Waals surface area contributed by atoms with E-state index in [1.165, 1.54) is 6.07 Å². The van der Waals surface area contributed by atoms with Gasteiger partial charge in [0, 0.05) is 5.56 Å². The predicted octanol–water partition coefficient (Wildman–Crippen LogP) is -0.449. The molecule has 0 saturated carbocycles. The average Bonchev–Trinajstić information content (AvgIpc) is 2.57. The number of carboxylic acid groups (broad SMARTS) is 1. The van der Waals surface area contributed by atoms with Crippen molar-refractivity contribution >= 4 is 22.5 Å². The van der Waals surface area contributed by atoms with Gasteiger partial charge in [0.2, 0.25) is 0 Å². The number of hydrogen-bond donors (Lipinski definition) is 5. The first-order valence-electron chi connectivity index (χ1n) is 6.81. The number of aliphatic hydroxyl groups is 4. The minimum absolute atomic E-state index is 0.117. The van der Waals surface area contributed by atoms with E-state index in [1.807, 2.05) is 0 Å². The van der Waals surface area contributed by atoms with Gasteiger partial charge < -0.3 is 25.5 Å². The summed E-state index contributed by atoms with van der Waals surface area (Å²) in [5.41, 5.74) is 0.117. The Balaban J connectivity index is 2.30. The van der Waals surface area contributed by atoms with Gasteiger partial charge in [-0.15, -0.1) is 0 Å². The summed E-state index contributed by atoms with van der Waals surface area (Å²) in [4.78, 5) is 22.9. The topological polar surface area (TPSA) is 135 Å². The van der Waals surface area contributed by atoms with Crippen LogP contribution in [-0.2, 0) is 4.79 Å². The third-order valence-electron chi connectivity index (χ3n) is 3.57. The van der Waals surface area contributed by atoms with Gasteiger partial charge in [0.15, 0.2) is 11.9 Å². The number of carboxylic acids is 1. The number of aliphatic carboxylic acids is 1. The van der Waals surface area contributed by atoms with E-state index in [4.69, 9.17) is 5.11 Å². The zero-order valence-electron chi connectivity index (χ0n) is 11.9. The average molecular weight is 320 g/mol. The molecule has 23 heavy (non-hydrogen) atoms. The highest BCUT2D eigenvalue weighted by atomic mass is 16.4. The van der Waals surface area contributed by atoms with Crippen LogP contribution in [-0.4, -0.2) is 61.7 Å².